The number of likely N-dealkylation sites (N-methyl/N-ethyl adjacent to an activating group) is 1. The molecular formula is C24H35N5O5. The molecule has 3 heterocycles. The zero-order valence-corrected chi connectivity index (χ0v) is 20.0. The van der Waals surface area contributed by atoms with Gasteiger partial charge in [0, 0.05) is 44.0 Å². The van der Waals surface area contributed by atoms with Crippen LogP contribution < -0.4 is 15.8 Å². The summed E-state index contributed by atoms with van der Waals surface area (Å²) < 4.78 is 15.9. The summed E-state index contributed by atoms with van der Waals surface area (Å²) in [5.41, 5.74) is 7.61. The summed E-state index contributed by atoms with van der Waals surface area (Å²) in [6.45, 7) is 6.40. The van der Waals surface area contributed by atoms with Crippen molar-refractivity contribution in [3.63, 3.8) is 0 Å². The maximum atomic E-state index is 12.9. The number of morpholine rings is 1. The summed E-state index contributed by atoms with van der Waals surface area (Å²) in [6, 6.07) is 7.17. The van der Waals surface area contributed by atoms with Crippen LogP contribution in [0.3, 0.4) is 0 Å². The van der Waals surface area contributed by atoms with E-state index in [1.54, 1.807) is 37.1 Å². The van der Waals surface area contributed by atoms with Gasteiger partial charge in [-0.05, 0) is 38.9 Å². The van der Waals surface area contributed by atoms with Gasteiger partial charge in [0.15, 0.2) is 5.82 Å². The number of amides is 1. The van der Waals surface area contributed by atoms with Gasteiger partial charge >= 0.3 is 0 Å². The standard InChI is InChI=1S/C20H27N5O4.C4H8O/c1-13-17(20(27)25-6-8-28-9-7-25)23-19(24-18(13)21)14-4-3-5-16(10-14)29-12-15(26)11-22-2;1-2-4-5-3-1/h3-5,10,15,22,26H,6-9,11-12H2,1-2H3,(H2,21,23,24);1-4H2. The van der Waals surface area contributed by atoms with Crippen molar-refractivity contribution in [1.29, 1.82) is 0 Å². The fraction of sp³-hybridized carbons (Fsp3) is 0.542. The normalized spacial score (nSPS) is 16.5. The number of nitrogens with zero attached hydrogens (tertiary/aromatic N) is 3. The molecule has 0 radical (unpaired) electrons. The molecule has 2 fully saturated rings. The summed E-state index contributed by atoms with van der Waals surface area (Å²) >= 11 is 0. The molecule has 1 unspecified atom stereocenters. The molecule has 0 saturated carbocycles. The number of ether oxygens (including phenoxy) is 3. The molecule has 1 amide bonds. The van der Waals surface area contributed by atoms with Crippen LogP contribution in [0.2, 0.25) is 0 Å². The summed E-state index contributed by atoms with van der Waals surface area (Å²) in [6.07, 6.45) is 1.94. The SMILES string of the molecule is C1CCOC1.CNCC(O)COc1cccc(-c2nc(N)c(C)c(C(=O)N3CCOCC3)n2)c1. The molecule has 1 aromatic carbocycles. The molecule has 0 spiro atoms. The van der Waals surface area contributed by atoms with Gasteiger partial charge in [-0.25, -0.2) is 9.97 Å². The molecule has 10 heteroatoms. The number of carbonyl (C=O) groups is 1. The van der Waals surface area contributed by atoms with Gasteiger partial charge in [-0.1, -0.05) is 12.1 Å². The fourth-order valence-corrected chi connectivity index (χ4v) is 3.51. The number of benzene rings is 1. The smallest absolute Gasteiger partial charge is 0.273 e. The number of hydrogen-bond donors (Lipinski definition) is 3. The van der Waals surface area contributed by atoms with E-state index < -0.39 is 6.10 Å². The Morgan fingerprint density at radius 2 is 1.91 bits per heavy atom. The molecule has 10 nitrogen and oxygen atoms in total. The molecule has 4 rings (SSSR count). The molecule has 0 aliphatic carbocycles. The summed E-state index contributed by atoms with van der Waals surface area (Å²) in [7, 11) is 1.76. The lowest BCUT2D eigenvalue weighted by Gasteiger charge is -2.27. The molecule has 4 N–H and O–H groups in total. The first-order valence-electron chi connectivity index (χ1n) is 11.6. The van der Waals surface area contributed by atoms with Gasteiger partial charge in [0.2, 0.25) is 0 Å². The lowest BCUT2D eigenvalue weighted by atomic mass is 10.1. The number of carbonyl (C=O) groups excluding carboxylic acids is 1. The Morgan fingerprint density at radius 3 is 2.56 bits per heavy atom. The van der Waals surface area contributed by atoms with E-state index in [9.17, 15) is 9.90 Å². The number of nitrogens with two attached hydrogens (primary N) is 1. The highest BCUT2D eigenvalue weighted by Crippen LogP contribution is 2.25. The van der Waals surface area contributed by atoms with Crippen LogP contribution in [0.15, 0.2) is 24.3 Å². The van der Waals surface area contributed by atoms with E-state index in [1.165, 1.54) is 12.8 Å². The molecule has 1 aromatic heterocycles. The highest BCUT2D eigenvalue weighted by molar-refractivity contribution is 5.95. The van der Waals surface area contributed by atoms with Crippen molar-refractivity contribution in [3.8, 4) is 17.1 Å². The molecule has 2 saturated heterocycles. The number of hydrogen-bond acceptors (Lipinski definition) is 9. The Bertz CT molecular complexity index is 924. The van der Waals surface area contributed by atoms with E-state index in [-0.39, 0.29) is 18.3 Å². The van der Waals surface area contributed by atoms with Crippen molar-refractivity contribution in [3.05, 3.63) is 35.5 Å². The van der Waals surface area contributed by atoms with E-state index in [1.807, 2.05) is 6.07 Å². The predicted molar refractivity (Wildman–Crippen MR) is 129 cm³/mol. The van der Waals surface area contributed by atoms with Crippen molar-refractivity contribution in [2.24, 2.45) is 0 Å². The first kappa shape index (κ1) is 25.8. The van der Waals surface area contributed by atoms with Crippen LogP contribution in [0.25, 0.3) is 11.4 Å². The Labute approximate surface area is 200 Å². The summed E-state index contributed by atoms with van der Waals surface area (Å²) in [5.74, 6) is 1.01. The number of aliphatic hydroxyl groups is 1. The van der Waals surface area contributed by atoms with Gasteiger partial charge in [-0.15, -0.1) is 0 Å². The third-order valence-corrected chi connectivity index (χ3v) is 5.49. The number of nitrogen functional groups attached to an aromatic ring is 1. The summed E-state index contributed by atoms with van der Waals surface area (Å²) in [4.78, 5) is 23.5. The first-order chi connectivity index (χ1) is 16.5. The molecule has 34 heavy (non-hydrogen) atoms. The Morgan fingerprint density at radius 1 is 1.21 bits per heavy atom. The van der Waals surface area contributed by atoms with Gasteiger partial charge in [0.1, 0.15) is 30.0 Å². The fourth-order valence-electron chi connectivity index (χ4n) is 3.51. The first-order valence-corrected chi connectivity index (χ1v) is 11.6. The minimum Gasteiger partial charge on any atom is -0.491 e. The van der Waals surface area contributed by atoms with E-state index in [4.69, 9.17) is 19.9 Å². The van der Waals surface area contributed by atoms with Crippen molar-refractivity contribution in [1.82, 2.24) is 20.2 Å². The molecular weight excluding hydrogens is 438 g/mol. The van der Waals surface area contributed by atoms with Crippen molar-refractivity contribution in [2.75, 3.05) is 65.5 Å². The molecule has 186 valence electrons. The van der Waals surface area contributed by atoms with Gasteiger partial charge < -0.3 is 35.3 Å². The number of rotatable bonds is 7. The Balaban J connectivity index is 0.000000574. The van der Waals surface area contributed by atoms with Crippen molar-refractivity contribution < 1.29 is 24.1 Å². The van der Waals surface area contributed by atoms with Crippen molar-refractivity contribution >= 4 is 11.7 Å². The Kier molecular flexibility index (Phi) is 10.0. The predicted octanol–water partition coefficient (Wildman–Crippen LogP) is 1.26. The number of nitrogens with one attached hydrogen (secondary N) is 1. The van der Waals surface area contributed by atoms with E-state index in [2.05, 4.69) is 15.3 Å². The molecule has 0 bridgehead atoms. The van der Waals surface area contributed by atoms with E-state index in [0.29, 0.717) is 61.2 Å². The zero-order valence-electron chi connectivity index (χ0n) is 20.0. The van der Waals surface area contributed by atoms with Crippen LogP contribution in [0, 0.1) is 6.92 Å². The average Bonchev–Trinajstić information content (AvgIpc) is 3.45. The molecule has 1 atom stereocenters. The topological polar surface area (TPSA) is 132 Å². The van der Waals surface area contributed by atoms with Crippen LogP contribution in [0.4, 0.5) is 5.82 Å². The number of aromatic nitrogens is 2. The number of aliphatic hydroxyl groups excluding tert-OH is 1. The quantitative estimate of drug-likeness (QED) is 0.544. The molecule has 2 aliphatic rings. The maximum Gasteiger partial charge on any atom is 0.273 e. The maximum absolute atomic E-state index is 12.9. The van der Waals surface area contributed by atoms with Crippen LogP contribution in [-0.2, 0) is 9.47 Å². The third-order valence-electron chi connectivity index (χ3n) is 5.49. The lowest BCUT2D eigenvalue weighted by Crippen LogP contribution is -2.41. The second kappa shape index (κ2) is 13.2. The minimum absolute atomic E-state index is 0.155. The van der Waals surface area contributed by atoms with Crippen molar-refractivity contribution in [2.45, 2.75) is 25.9 Å². The second-order valence-electron chi connectivity index (χ2n) is 8.18. The Hall–Kier alpha value is -2.79. The van der Waals surface area contributed by atoms with Gasteiger partial charge in [-0.2, -0.15) is 0 Å². The van der Waals surface area contributed by atoms with Crippen LogP contribution in [0.5, 0.6) is 5.75 Å². The summed E-state index contributed by atoms with van der Waals surface area (Å²) in [5, 5.41) is 12.7. The van der Waals surface area contributed by atoms with E-state index >= 15 is 0 Å². The highest BCUT2D eigenvalue weighted by atomic mass is 16.5. The third kappa shape index (κ3) is 7.36. The average molecular weight is 474 g/mol. The minimum atomic E-state index is -0.618. The number of anilines is 1. The van der Waals surface area contributed by atoms with Gasteiger partial charge in [-0.3, -0.25) is 4.79 Å². The monoisotopic (exact) mass is 473 g/mol. The van der Waals surface area contributed by atoms with Crippen LogP contribution in [0.1, 0.15) is 28.9 Å². The molecule has 2 aromatic rings. The highest BCUT2D eigenvalue weighted by Gasteiger charge is 2.24. The van der Waals surface area contributed by atoms with Crippen LogP contribution in [-0.4, -0.2) is 91.7 Å². The van der Waals surface area contributed by atoms with Gasteiger partial charge in [0.25, 0.3) is 5.91 Å². The second-order valence-corrected chi connectivity index (χ2v) is 8.18. The van der Waals surface area contributed by atoms with Gasteiger partial charge in [0.05, 0.1) is 13.2 Å². The van der Waals surface area contributed by atoms with Crippen LogP contribution >= 0.6 is 0 Å². The zero-order chi connectivity index (χ0) is 24.3. The largest absolute Gasteiger partial charge is 0.491 e. The molecule has 2 aliphatic heterocycles. The van der Waals surface area contributed by atoms with E-state index in [0.717, 1.165) is 13.2 Å². The lowest BCUT2D eigenvalue weighted by molar-refractivity contribution is 0.0298.